The first kappa shape index (κ1) is 18.2. The molecular formula is C17H24N2O5. The molecule has 0 saturated carbocycles. The third-order valence-electron chi connectivity index (χ3n) is 4.33. The number of amides is 1. The molecule has 0 radical (unpaired) electrons. The van der Waals surface area contributed by atoms with Crippen LogP contribution in [-0.2, 0) is 16.1 Å². The van der Waals surface area contributed by atoms with Gasteiger partial charge in [0.15, 0.2) is 0 Å². The zero-order valence-electron chi connectivity index (χ0n) is 14.1. The number of carbonyl (C=O) groups is 2. The van der Waals surface area contributed by atoms with Gasteiger partial charge >= 0.3 is 5.97 Å². The number of ether oxygens (including phenoxy) is 1. The molecule has 1 atom stereocenters. The summed E-state index contributed by atoms with van der Waals surface area (Å²) in [5, 5.41) is 11.6. The second kappa shape index (κ2) is 7.61. The van der Waals surface area contributed by atoms with Gasteiger partial charge in [-0.3, -0.25) is 14.4 Å². The number of pyridine rings is 1. The lowest BCUT2D eigenvalue weighted by Gasteiger charge is -2.36. The Morgan fingerprint density at radius 3 is 2.79 bits per heavy atom. The molecule has 1 amide bonds. The van der Waals surface area contributed by atoms with Gasteiger partial charge in [0.1, 0.15) is 12.1 Å². The maximum Gasteiger partial charge on any atom is 0.323 e. The minimum Gasteiger partial charge on any atom is -0.480 e. The van der Waals surface area contributed by atoms with Crippen LogP contribution in [0.1, 0.15) is 43.5 Å². The van der Waals surface area contributed by atoms with E-state index in [1.54, 1.807) is 0 Å². The van der Waals surface area contributed by atoms with Crippen LogP contribution in [0.4, 0.5) is 0 Å². The van der Waals surface area contributed by atoms with E-state index in [2.05, 4.69) is 5.32 Å². The molecule has 0 aliphatic carbocycles. The number of hydrogen-bond donors (Lipinski definition) is 2. The average Bonchev–Trinajstić information content (AvgIpc) is 2.55. The number of rotatable bonds is 6. The number of aliphatic carboxylic acids is 1. The Kier molecular flexibility index (Phi) is 5.77. The number of carboxylic acids is 1. The summed E-state index contributed by atoms with van der Waals surface area (Å²) in [6.45, 7) is 4.69. The normalized spacial score (nSPS) is 18.2. The van der Waals surface area contributed by atoms with E-state index in [9.17, 15) is 14.4 Å². The first-order chi connectivity index (χ1) is 11.3. The van der Waals surface area contributed by atoms with Gasteiger partial charge in [0, 0.05) is 24.8 Å². The van der Waals surface area contributed by atoms with Gasteiger partial charge in [-0.15, -0.1) is 0 Å². The quantitative estimate of drug-likeness (QED) is 0.815. The monoisotopic (exact) mass is 336 g/mol. The highest BCUT2D eigenvalue weighted by Gasteiger charge is 2.32. The van der Waals surface area contributed by atoms with E-state index in [0.717, 1.165) is 30.4 Å². The van der Waals surface area contributed by atoms with E-state index in [-0.39, 0.29) is 17.1 Å². The molecule has 1 unspecified atom stereocenters. The fraction of sp³-hybridized carbons (Fsp3) is 0.588. The molecule has 2 N–H and O–H groups in total. The fourth-order valence-electron chi connectivity index (χ4n) is 2.85. The fourth-order valence-corrected chi connectivity index (χ4v) is 2.85. The topological polar surface area (TPSA) is 97.6 Å². The lowest BCUT2D eigenvalue weighted by Crippen LogP contribution is -2.45. The molecule has 0 aromatic carbocycles. The van der Waals surface area contributed by atoms with Crippen molar-refractivity contribution in [2.45, 2.75) is 45.8 Å². The molecule has 7 nitrogen and oxygen atoms in total. The van der Waals surface area contributed by atoms with Crippen LogP contribution in [0.15, 0.2) is 23.1 Å². The SMILES string of the molecule is CC(C)(CNC(=O)c1cccn(CC(=O)O)c1=O)C1CCCCO1. The average molecular weight is 336 g/mol. The van der Waals surface area contributed by atoms with Crippen LogP contribution in [0.3, 0.4) is 0 Å². The van der Waals surface area contributed by atoms with Gasteiger partial charge in [0.05, 0.1) is 6.10 Å². The van der Waals surface area contributed by atoms with E-state index < -0.39 is 24.0 Å². The molecule has 1 fully saturated rings. The molecule has 132 valence electrons. The third-order valence-corrected chi connectivity index (χ3v) is 4.33. The van der Waals surface area contributed by atoms with Crippen LogP contribution in [0.25, 0.3) is 0 Å². The second-order valence-corrected chi connectivity index (χ2v) is 6.78. The molecule has 24 heavy (non-hydrogen) atoms. The summed E-state index contributed by atoms with van der Waals surface area (Å²) in [7, 11) is 0. The maximum absolute atomic E-state index is 12.3. The highest BCUT2D eigenvalue weighted by atomic mass is 16.5. The van der Waals surface area contributed by atoms with Crippen molar-refractivity contribution in [3.8, 4) is 0 Å². The van der Waals surface area contributed by atoms with Crippen molar-refractivity contribution in [1.29, 1.82) is 0 Å². The summed E-state index contributed by atoms with van der Waals surface area (Å²) in [5.41, 5.74) is -0.909. The summed E-state index contributed by atoms with van der Waals surface area (Å²) in [5.74, 6) is -1.63. The summed E-state index contributed by atoms with van der Waals surface area (Å²) in [6, 6.07) is 2.90. The second-order valence-electron chi connectivity index (χ2n) is 6.78. The van der Waals surface area contributed by atoms with Crippen molar-refractivity contribution in [1.82, 2.24) is 9.88 Å². The van der Waals surface area contributed by atoms with Crippen LogP contribution in [-0.4, -0.2) is 40.8 Å². The van der Waals surface area contributed by atoms with Crippen molar-refractivity contribution in [2.75, 3.05) is 13.2 Å². The Morgan fingerprint density at radius 1 is 1.42 bits per heavy atom. The van der Waals surface area contributed by atoms with E-state index in [1.807, 2.05) is 13.8 Å². The summed E-state index contributed by atoms with van der Waals surface area (Å²) in [6.07, 6.45) is 4.56. The van der Waals surface area contributed by atoms with E-state index >= 15 is 0 Å². The summed E-state index contributed by atoms with van der Waals surface area (Å²) in [4.78, 5) is 35.3. The Hall–Kier alpha value is -2.15. The number of nitrogens with zero attached hydrogens (tertiary/aromatic N) is 1. The van der Waals surface area contributed by atoms with E-state index in [4.69, 9.17) is 9.84 Å². The van der Waals surface area contributed by atoms with Crippen molar-refractivity contribution < 1.29 is 19.4 Å². The lowest BCUT2D eigenvalue weighted by atomic mass is 9.82. The zero-order chi connectivity index (χ0) is 17.7. The summed E-state index contributed by atoms with van der Waals surface area (Å²) >= 11 is 0. The van der Waals surface area contributed by atoms with Crippen LogP contribution in [0.5, 0.6) is 0 Å². The standard InChI is InChI=1S/C17H24N2O5/c1-17(2,13-7-3-4-9-24-13)11-18-15(22)12-6-5-8-19(16(12)23)10-14(20)21/h5-6,8,13H,3-4,7,9-11H2,1-2H3,(H,18,22)(H,20,21). The molecule has 7 heteroatoms. The maximum atomic E-state index is 12.3. The minimum atomic E-state index is -1.13. The van der Waals surface area contributed by atoms with Gasteiger partial charge in [-0.1, -0.05) is 13.8 Å². The van der Waals surface area contributed by atoms with E-state index in [1.165, 1.54) is 18.3 Å². The van der Waals surface area contributed by atoms with Gasteiger partial charge < -0.3 is 19.7 Å². The predicted octanol–water partition coefficient (Wildman–Crippen LogP) is 1.26. The number of carbonyl (C=O) groups excluding carboxylic acids is 1. The Labute approximate surface area is 140 Å². The molecule has 1 aromatic heterocycles. The molecule has 1 saturated heterocycles. The Balaban J connectivity index is 2.04. The minimum absolute atomic E-state index is 0.0564. The summed E-state index contributed by atoms with van der Waals surface area (Å²) < 4.78 is 6.79. The largest absolute Gasteiger partial charge is 0.480 e. The van der Waals surface area contributed by atoms with Crippen LogP contribution >= 0.6 is 0 Å². The molecule has 2 heterocycles. The van der Waals surface area contributed by atoms with Gasteiger partial charge in [-0.25, -0.2) is 0 Å². The highest BCUT2D eigenvalue weighted by Crippen LogP contribution is 2.29. The number of nitrogens with one attached hydrogen (secondary N) is 1. The van der Waals surface area contributed by atoms with E-state index in [0.29, 0.717) is 6.54 Å². The lowest BCUT2D eigenvalue weighted by molar-refractivity contribution is -0.137. The number of hydrogen-bond acceptors (Lipinski definition) is 4. The molecule has 0 spiro atoms. The van der Waals surface area contributed by atoms with Crippen molar-refractivity contribution in [3.63, 3.8) is 0 Å². The first-order valence-corrected chi connectivity index (χ1v) is 8.12. The van der Waals surface area contributed by atoms with Gasteiger partial charge in [0.2, 0.25) is 0 Å². The van der Waals surface area contributed by atoms with Crippen molar-refractivity contribution >= 4 is 11.9 Å². The van der Waals surface area contributed by atoms with Crippen LogP contribution < -0.4 is 10.9 Å². The smallest absolute Gasteiger partial charge is 0.323 e. The Bertz CT molecular complexity index is 659. The molecule has 1 aliphatic rings. The third kappa shape index (κ3) is 4.44. The molecule has 0 bridgehead atoms. The van der Waals surface area contributed by atoms with Gasteiger partial charge in [-0.2, -0.15) is 0 Å². The van der Waals surface area contributed by atoms with Gasteiger partial charge in [-0.05, 0) is 31.4 Å². The molecule has 2 rings (SSSR count). The number of aromatic nitrogens is 1. The van der Waals surface area contributed by atoms with Crippen molar-refractivity contribution in [2.24, 2.45) is 5.41 Å². The number of carboxylic acid groups (broad SMARTS) is 1. The highest BCUT2D eigenvalue weighted by molar-refractivity contribution is 5.93. The first-order valence-electron chi connectivity index (χ1n) is 8.12. The molecule has 1 aromatic rings. The van der Waals surface area contributed by atoms with Crippen molar-refractivity contribution in [3.05, 3.63) is 34.2 Å². The Morgan fingerprint density at radius 2 is 2.17 bits per heavy atom. The molecule has 1 aliphatic heterocycles. The van der Waals surface area contributed by atoms with Crippen LogP contribution in [0, 0.1) is 5.41 Å². The zero-order valence-corrected chi connectivity index (χ0v) is 14.1. The van der Waals surface area contributed by atoms with Gasteiger partial charge in [0.25, 0.3) is 11.5 Å². The predicted molar refractivity (Wildman–Crippen MR) is 88.0 cm³/mol. The van der Waals surface area contributed by atoms with Crippen LogP contribution in [0.2, 0.25) is 0 Å². The molecular weight excluding hydrogens is 312 g/mol.